The van der Waals surface area contributed by atoms with E-state index in [-0.39, 0.29) is 48.5 Å². The molecule has 0 bridgehead atoms. The Morgan fingerprint density at radius 2 is 1.28 bits per heavy atom. The summed E-state index contributed by atoms with van der Waals surface area (Å²) in [4.78, 5) is 10.7. The van der Waals surface area contributed by atoms with Crippen LogP contribution >= 0.6 is 0 Å². The summed E-state index contributed by atoms with van der Waals surface area (Å²) in [6.45, 7) is 26.8. The SMILES string of the molecule is CC(C)(C)Cc1ccc(-c2cc3ccnc(-c4[c-]c(-c5cccc6c5nc(-c5cc(C(C)(C)C)cc(C(C)(C)C)c5O)n6-c5ccc(C(C)(C)C)cc5-c5ccccc5)c5ccccc5c4)c3o2)cc1.[Pt]. The number of nitrogens with zero attached hydrogens (tertiary/aromatic N) is 3. The maximum atomic E-state index is 12.6. The Kier molecular flexibility index (Phi) is 12.7. The molecule has 0 fully saturated rings. The standard InChI is InChI=1S/C65H64N3O2.Pt/c1-62(2,3)39-40-25-27-42(28-26-40)56-35-44-31-32-66-57(60(44)70-56)45-33-43-21-16-17-22-48(43)51(34-45)49-23-18-24-55-58(49)67-61(52-37-47(64(7,8)9)38-53(59(52)69)65(10,11)12)68(55)54-30-29-46(63(4,5)6)36-50(54)41-19-14-13-15-20-41;/h13-33,35-38,69H,39H2,1-12H3;/q-1;. The average molecular weight is 1110 g/mol. The minimum atomic E-state index is -0.345. The number of hydrogen-bond donors (Lipinski definition) is 1. The van der Waals surface area contributed by atoms with E-state index >= 15 is 0 Å². The minimum Gasteiger partial charge on any atom is -0.507 e. The van der Waals surface area contributed by atoms with E-state index < -0.39 is 0 Å². The number of imidazole rings is 1. The number of benzene rings is 7. The number of pyridine rings is 1. The average Bonchev–Trinajstić information content (AvgIpc) is 3.93. The summed E-state index contributed by atoms with van der Waals surface area (Å²) in [6.07, 6.45) is 2.86. The zero-order chi connectivity index (χ0) is 49.5. The van der Waals surface area contributed by atoms with Crippen molar-refractivity contribution in [1.82, 2.24) is 14.5 Å². The first kappa shape index (κ1) is 49.4. The van der Waals surface area contributed by atoms with Crippen LogP contribution in [-0.4, -0.2) is 19.6 Å². The Morgan fingerprint density at radius 3 is 1.97 bits per heavy atom. The van der Waals surface area contributed by atoms with E-state index in [0.29, 0.717) is 11.4 Å². The summed E-state index contributed by atoms with van der Waals surface area (Å²) in [5.41, 5.74) is 14.8. The molecule has 71 heavy (non-hydrogen) atoms. The van der Waals surface area contributed by atoms with E-state index in [9.17, 15) is 5.11 Å². The normalized spacial score (nSPS) is 12.5. The Morgan fingerprint density at radius 1 is 0.592 bits per heavy atom. The van der Waals surface area contributed by atoms with Crippen LogP contribution in [0.1, 0.15) is 105 Å². The van der Waals surface area contributed by atoms with Gasteiger partial charge in [-0.15, -0.1) is 17.7 Å². The van der Waals surface area contributed by atoms with Crippen molar-refractivity contribution in [2.24, 2.45) is 5.41 Å². The maximum absolute atomic E-state index is 12.6. The van der Waals surface area contributed by atoms with Gasteiger partial charge in [0, 0.05) is 55.0 Å². The van der Waals surface area contributed by atoms with Gasteiger partial charge in [-0.3, -0.25) is 9.55 Å². The molecule has 0 saturated heterocycles. The van der Waals surface area contributed by atoms with Gasteiger partial charge in [-0.05, 0) is 86.7 Å². The van der Waals surface area contributed by atoms with Crippen LogP contribution in [0.2, 0.25) is 0 Å². The number of fused-ring (bicyclic) bond motifs is 3. The summed E-state index contributed by atoms with van der Waals surface area (Å²) in [5, 5.41) is 15.7. The van der Waals surface area contributed by atoms with E-state index in [2.05, 4.69) is 233 Å². The van der Waals surface area contributed by atoms with Gasteiger partial charge >= 0.3 is 0 Å². The molecule has 0 spiro atoms. The van der Waals surface area contributed by atoms with Crippen LogP contribution in [0.3, 0.4) is 0 Å². The van der Waals surface area contributed by atoms with E-state index in [1.165, 1.54) is 11.1 Å². The van der Waals surface area contributed by atoms with Crippen LogP contribution in [0.15, 0.2) is 156 Å². The summed E-state index contributed by atoms with van der Waals surface area (Å²) < 4.78 is 9.03. The molecule has 0 amide bonds. The van der Waals surface area contributed by atoms with E-state index in [4.69, 9.17) is 14.4 Å². The molecule has 362 valence electrons. The quantitative estimate of drug-likeness (QED) is 0.162. The van der Waals surface area contributed by atoms with Crippen LogP contribution < -0.4 is 0 Å². The van der Waals surface area contributed by atoms with Crippen LogP contribution in [0, 0.1) is 11.5 Å². The van der Waals surface area contributed by atoms with Gasteiger partial charge < -0.3 is 9.52 Å². The molecule has 0 unspecified atom stereocenters. The third-order valence-electron chi connectivity index (χ3n) is 13.6. The summed E-state index contributed by atoms with van der Waals surface area (Å²) >= 11 is 0. The summed E-state index contributed by atoms with van der Waals surface area (Å²) in [7, 11) is 0. The fraction of sp³-hybridized carbons (Fsp3) is 0.262. The molecule has 10 aromatic rings. The topological polar surface area (TPSA) is 64.1 Å². The van der Waals surface area contributed by atoms with Crippen molar-refractivity contribution in [3.8, 4) is 67.7 Å². The third-order valence-corrected chi connectivity index (χ3v) is 13.6. The Hall–Kier alpha value is -6.55. The number of aromatic nitrogens is 3. The molecule has 7 aromatic carbocycles. The molecule has 0 radical (unpaired) electrons. The van der Waals surface area contributed by atoms with Gasteiger partial charge in [0.15, 0.2) is 0 Å². The molecule has 1 N–H and O–H groups in total. The molecule has 0 aliphatic carbocycles. The summed E-state index contributed by atoms with van der Waals surface area (Å²) in [6, 6.07) is 55.6. The largest absolute Gasteiger partial charge is 0.507 e. The second-order valence-electron chi connectivity index (χ2n) is 23.5. The predicted octanol–water partition coefficient (Wildman–Crippen LogP) is 17.6. The number of phenols is 1. The van der Waals surface area contributed by atoms with Gasteiger partial charge in [0.05, 0.1) is 22.3 Å². The van der Waals surface area contributed by atoms with Crippen molar-refractivity contribution >= 4 is 32.8 Å². The molecular formula is C65H64N3O2Pt-. The maximum Gasteiger partial charge on any atom is 0.148 e. The molecule has 5 nitrogen and oxygen atoms in total. The zero-order valence-corrected chi connectivity index (χ0v) is 45.4. The van der Waals surface area contributed by atoms with Crippen LogP contribution in [0.5, 0.6) is 5.75 Å². The molecule has 3 aromatic heterocycles. The number of para-hydroxylation sites is 1. The molecule has 0 aliphatic rings. The number of aromatic hydroxyl groups is 1. The molecule has 10 rings (SSSR count). The van der Waals surface area contributed by atoms with Crippen molar-refractivity contribution < 1.29 is 30.6 Å². The number of phenolic OH excluding ortho intramolecular Hbond substituents is 1. The van der Waals surface area contributed by atoms with Gasteiger partial charge in [0.2, 0.25) is 0 Å². The fourth-order valence-corrected chi connectivity index (χ4v) is 9.86. The molecule has 0 atom stereocenters. The van der Waals surface area contributed by atoms with Crippen molar-refractivity contribution in [2.45, 2.75) is 106 Å². The van der Waals surface area contributed by atoms with Gasteiger partial charge in [-0.1, -0.05) is 208 Å². The number of furan rings is 1. The monoisotopic (exact) mass is 1110 g/mol. The smallest absolute Gasteiger partial charge is 0.148 e. The van der Waals surface area contributed by atoms with Crippen LogP contribution in [0.4, 0.5) is 0 Å². The first-order valence-corrected chi connectivity index (χ1v) is 24.7. The third kappa shape index (κ3) is 9.54. The van der Waals surface area contributed by atoms with E-state index in [1.54, 1.807) is 0 Å². The van der Waals surface area contributed by atoms with Gasteiger partial charge in [0.1, 0.15) is 22.9 Å². The molecule has 3 heterocycles. The zero-order valence-electron chi connectivity index (χ0n) is 43.2. The van der Waals surface area contributed by atoms with Crippen LogP contribution in [-0.2, 0) is 43.7 Å². The second-order valence-corrected chi connectivity index (χ2v) is 23.5. The van der Waals surface area contributed by atoms with E-state index in [0.717, 1.165) is 101 Å². The van der Waals surface area contributed by atoms with Gasteiger partial charge in [-0.25, -0.2) is 4.98 Å². The Balaban J connectivity index is 0.00000624. The van der Waals surface area contributed by atoms with Crippen molar-refractivity contribution in [1.29, 1.82) is 0 Å². The fourth-order valence-electron chi connectivity index (χ4n) is 9.86. The first-order chi connectivity index (χ1) is 33.1. The van der Waals surface area contributed by atoms with Crippen molar-refractivity contribution in [3.63, 3.8) is 0 Å². The molecule has 0 saturated carbocycles. The number of hydrogen-bond acceptors (Lipinski definition) is 4. The van der Waals surface area contributed by atoms with Crippen molar-refractivity contribution in [3.05, 3.63) is 180 Å². The van der Waals surface area contributed by atoms with Gasteiger partial charge in [0.25, 0.3) is 0 Å². The molecular weight excluding hydrogens is 1050 g/mol. The van der Waals surface area contributed by atoms with E-state index in [1.807, 2.05) is 12.3 Å². The first-order valence-electron chi connectivity index (χ1n) is 24.7. The predicted molar refractivity (Wildman–Crippen MR) is 293 cm³/mol. The Labute approximate surface area is 434 Å². The second kappa shape index (κ2) is 18.2. The molecule has 6 heteroatoms. The van der Waals surface area contributed by atoms with Gasteiger partial charge in [-0.2, -0.15) is 0 Å². The number of rotatable bonds is 7. The van der Waals surface area contributed by atoms with Crippen molar-refractivity contribution in [2.75, 3.05) is 0 Å². The minimum absolute atomic E-state index is 0. The summed E-state index contributed by atoms with van der Waals surface area (Å²) in [5.74, 6) is 1.70. The van der Waals surface area contributed by atoms with Crippen LogP contribution in [0.25, 0.3) is 94.7 Å². The molecule has 0 aliphatic heterocycles. The Bertz CT molecular complexity index is 3610.